The summed E-state index contributed by atoms with van der Waals surface area (Å²) in [5.74, 6) is -0.119. The standard InChI is InChI=1S/C8H13N3OS/c1-6-11-7(5-13-6)2-3-10-8(12)4-9/h5H,2-4,9H2,1H3,(H,10,12). The van der Waals surface area contributed by atoms with E-state index in [0.717, 1.165) is 17.1 Å². The molecule has 0 fully saturated rings. The van der Waals surface area contributed by atoms with Gasteiger partial charge in [0, 0.05) is 18.3 Å². The van der Waals surface area contributed by atoms with E-state index in [1.165, 1.54) is 0 Å². The maximum Gasteiger partial charge on any atom is 0.233 e. The predicted molar refractivity (Wildman–Crippen MR) is 52.6 cm³/mol. The van der Waals surface area contributed by atoms with Crippen LogP contribution in [0.3, 0.4) is 0 Å². The molecule has 0 aliphatic heterocycles. The first-order valence-corrected chi connectivity index (χ1v) is 4.98. The number of carbonyl (C=O) groups excluding carboxylic acids is 1. The van der Waals surface area contributed by atoms with Crippen molar-refractivity contribution in [3.63, 3.8) is 0 Å². The minimum Gasteiger partial charge on any atom is -0.355 e. The molecule has 3 N–H and O–H groups in total. The Labute approximate surface area is 81.2 Å². The van der Waals surface area contributed by atoms with Gasteiger partial charge in [-0.05, 0) is 6.92 Å². The van der Waals surface area contributed by atoms with E-state index >= 15 is 0 Å². The number of carbonyl (C=O) groups is 1. The van der Waals surface area contributed by atoms with E-state index in [2.05, 4.69) is 10.3 Å². The molecule has 0 atom stereocenters. The molecule has 5 heteroatoms. The van der Waals surface area contributed by atoms with Gasteiger partial charge in [-0.3, -0.25) is 4.79 Å². The second kappa shape index (κ2) is 4.94. The molecule has 0 aromatic carbocycles. The summed E-state index contributed by atoms with van der Waals surface area (Å²) in [6.07, 6.45) is 0.774. The lowest BCUT2D eigenvalue weighted by Crippen LogP contribution is -2.31. The maximum absolute atomic E-state index is 10.8. The Morgan fingerprint density at radius 2 is 2.54 bits per heavy atom. The smallest absolute Gasteiger partial charge is 0.233 e. The Hall–Kier alpha value is -0.940. The van der Waals surface area contributed by atoms with Gasteiger partial charge >= 0.3 is 0 Å². The van der Waals surface area contributed by atoms with Crippen LogP contribution in [0.15, 0.2) is 5.38 Å². The zero-order valence-corrected chi connectivity index (χ0v) is 8.36. The summed E-state index contributed by atoms with van der Waals surface area (Å²) in [6.45, 7) is 2.63. The fourth-order valence-electron chi connectivity index (χ4n) is 0.925. The van der Waals surface area contributed by atoms with E-state index in [1.807, 2.05) is 12.3 Å². The zero-order chi connectivity index (χ0) is 9.68. The van der Waals surface area contributed by atoms with Gasteiger partial charge in [0.25, 0.3) is 0 Å². The SMILES string of the molecule is Cc1nc(CCNC(=O)CN)cs1. The quantitative estimate of drug-likeness (QED) is 0.721. The molecule has 0 aliphatic rings. The molecule has 4 nitrogen and oxygen atoms in total. The van der Waals surface area contributed by atoms with Crippen molar-refractivity contribution in [1.29, 1.82) is 0 Å². The highest BCUT2D eigenvalue weighted by Crippen LogP contribution is 2.07. The average molecular weight is 199 g/mol. The van der Waals surface area contributed by atoms with Gasteiger partial charge in [0.15, 0.2) is 0 Å². The average Bonchev–Trinajstić information content (AvgIpc) is 2.51. The first kappa shape index (κ1) is 10.1. The van der Waals surface area contributed by atoms with Crippen molar-refractivity contribution in [3.05, 3.63) is 16.1 Å². The Bertz CT molecular complexity index is 285. The van der Waals surface area contributed by atoms with Crippen LogP contribution < -0.4 is 11.1 Å². The van der Waals surface area contributed by atoms with Crippen LogP contribution in [0.5, 0.6) is 0 Å². The van der Waals surface area contributed by atoms with Crippen molar-refractivity contribution < 1.29 is 4.79 Å². The summed E-state index contributed by atoms with van der Waals surface area (Å²) < 4.78 is 0. The van der Waals surface area contributed by atoms with Crippen LogP contribution in [-0.4, -0.2) is 24.0 Å². The molecular formula is C8H13N3OS. The molecule has 0 radical (unpaired) electrons. The van der Waals surface area contributed by atoms with E-state index in [9.17, 15) is 4.79 Å². The molecule has 0 bridgehead atoms. The molecule has 1 amide bonds. The minimum absolute atomic E-state index is 0.0517. The lowest BCUT2D eigenvalue weighted by atomic mass is 10.3. The zero-order valence-electron chi connectivity index (χ0n) is 7.54. The second-order valence-electron chi connectivity index (χ2n) is 2.66. The summed E-state index contributed by atoms with van der Waals surface area (Å²) in [4.78, 5) is 15.0. The summed E-state index contributed by atoms with van der Waals surface area (Å²) >= 11 is 1.62. The molecule has 72 valence electrons. The van der Waals surface area contributed by atoms with E-state index in [1.54, 1.807) is 11.3 Å². The van der Waals surface area contributed by atoms with Crippen LogP contribution in [0.25, 0.3) is 0 Å². The monoisotopic (exact) mass is 199 g/mol. The fraction of sp³-hybridized carbons (Fsp3) is 0.500. The third kappa shape index (κ3) is 3.52. The van der Waals surface area contributed by atoms with Crippen molar-refractivity contribution in [2.75, 3.05) is 13.1 Å². The van der Waals surface area contributed by atoms with Crippen LogP contribution in [0.1, 0.15) is 10.7 Å². The largest absolute Gasteiger partial charge is 0.355 e. The lowest BCUT2D eigenvalue weighted by Gasteiger charge is -2.00. The highest BCUT2D eigenvalue weighted by atomic mass is 32.1. The predicted octanol–water partition coefficient (Wildman–Crippen LogP) is 0.0689. The number of aromatic nitrogens is 1. The van der Waals surface area contributed by atoms with Gasteiger partial charge in [-0.2, -0.15) is 0 Å². The fourth-order valence-corrected chi connectivity index (χ4v) is 1.57. The summed E-state index contributed by atoms with van der Waals surface area (Å²) in [5, 5.41) is 5.75. The van der Waals surface area contributed by atoms with Gasteiger partial charge in [0.1, 0.15) is 0 Å². The van der Waals surface area contributed by atoms with Crippen LogP contribution in [0.4, 0.5) is 0 Å². The summed E-state index contributed by atoms with van der Waals surface area (Å²) in [7, 11) is 0. The van der Waals surface area contributed by atoms with Gasteiger partial charge in [-0.25, -0.2) is 4.98 Å². The molecule has 0 spiro atoms. The number of rotatable bonds is 4. The number of nitrogens with one attached hydrogen (secondary N) is 1. The Balaban J connectivity index is 2.24. The van der Waals surface area contributed by atoms with Crippen molar-refractivity contribution >= 4 is 17.2 Å². The van der Waals surface area contributed by atoms with Crippen LogP contribution in [-0.2, 0) is 11.2 Å². The Morgan fingerprint density at radius 1 is 1.77 bits per heavy atom. The van der Waals surface area contributed by atoms with Crippen molar-refractivity contribution in [2.45, 2.75) is 13.3 Å². The molecule has 0 aliphatic carbocycles. The number of hydrogen-bond donors (Lipinski definition) is 2. The number of nitrogens with zero attached hydrogens (tertiary/aromatic N) is 1. The van der Waals surface area contributed by atoms with Gasteiger partial charge in [0.05, 0.1) is 17.2 Å². The number of aryl methyl sites for hydroxylation is 1. The first-order chi connectivity index (χ1) is 6.22. The first-order valence-electron chi connectivity index (χ1n) is 4.10. The number of nitrogens with two attached hydrogens (primary N) is 1. The maximum atomic E-state index is 10.8. The number of hydrogen-bond acceptors (Lipinski definition) is 4. The molecule has 0 unspecified atom stereocenters. The third-order valence-corrected chi connectivity index (χ3v) is 2.38. The molecule has 1 heterocycles. The highest BCUT2D eigenvalue weighted by molar-refractivity contribution is 7.09. The Morgan fingerprint density at radius 3 is 3.08 bits per heavy atom. The molecule has 13 heavy (non-hydrogen) atoms. The molecular weight excluding hydrogens is 186 g/mol. The van der Waals surface area contributed by atoms with Crippen molar-refractivity contribution in [1.82, 2.24) is 10.3 Å². The van der Waals surface area contributed by atoms with Gasteiger partial charge < -0.3 is 11.1 Å². The van der Waals surface area contributed by atoms with Gasteiger partial charge in [0.2, 0.25) is 5.91 Å². The minimum atomic E-state index is -0.119. The molecule has 0 saturated heterocycles. The van der Waals surface area contributed by atoms with E-state index < -0.39 is 0 Å². The van der Waals surface area contributed by atoms with Crippen LogP contribution in [0, 0.1) is 6.92 Å². The number of amides is 1. The van der Waals surface area contributed by atoms with E-state index in [-0.39, 0.29) is 12.5 Å². The second-order valence-corrected chi connectivity index (χ2v) is 3.72. The van der Waals surface area contributed by atoms with Gasteiger partial charge in [-0.15, -0.1) is 11.3 Å². The molecule has 0 saturated carbocycles. The molecule has 1 aromatic heterocycles. The topological polar surface area (TPSA) is 68.0 Å². The van der Waals surface area contributed by atoms with Crippen molar-refractivity contribution in [3.8, 4) is 0 Å². The summed E-state index contributed by atoms with van der Waals surface area (Å²) in [6, 6.07) is 0. The van der Waals surface area contributed by atoms with Gasteiger partial charge in [-0.1, -0.05) is 0 Å². The normalized spacial score (nSPS) is 10.0. The number of thiazole rings is 1. The third-order valence-electron chi connectivity index (χ3n) is 1.56. The van der Waals surface area contributed by atoms with Crippen LogP contribution >= 0.6 is 11.3 Å². The summed E-state index contributed by atoms with van der Waals surface area (Å²) in [5.41, 5.74) is 6.16. The lowest BCUT2D eigenvalue weighted by molar-refractivity contribution is -0.119. The Kier molecular flexibility index (Phi) is 3.85. The van der Waals surface area contributed by atoms with E-state index in [4.69, 9.17) is 5.73 Å². The van der Waals surface area contributed by atoms with Crippen molar-refractivity contribution in [2.24, 2.45) is 5.73 Å². The van der Waals surface area contributed by atoms with Crippen LogP contribution in [0.2, 0.25) is 0 Å². The molecule has 1 aromatic rings. The highest BCUT2D eigenvalue weighted by Gasteiger charge is 1.99. The molecule has 1 rings (SSSR count). The van der Waals surface area contributed by atoms with E-state index in [0.29, 0.717) is 6.54 Å².